The van der Waals surface area contributed by atoms with Crippen molar-refractivity contribution in [2.45, 2.75) is 13.0 Å². The fourth-order valence-corrected chi connectivity index (χ4v) is 3.80. The fourth-order valence-electron chi connectivity index (χ4n) is 3.80. The van der Waals surface area contributed by atoms with Crippen LogP contribution in [0.3, 0.4) is 0 Å². The summed E-state index contributed by atoms with van der Waals surface area (Å²) in [4.78, 5) is 27.6. The molecule has 2 N–H and O–H groups in total. The zero-order chi connectivity index (χ0) is 22.1. The second kappa shape index (κ2) is 7.99. The molecular formula is C25H21NO5. The minimum atomic E-state index is -0.917. The van der Waals surface area contributed by atoms with Crippen LogP contribution in [0.5, 0.6) is 11.5 Å². The Labute approximate surface area is 179 Å². The van der Waals surface area contributed by atoms with Gasteiger partial charge in [-0.05, 0) is 48.9 Å². The highest BCUT2D eigenvalue weighted by Crippen LogP contribution is 2.43. The van der Waals surface area contributed by atoms with Crippen molar-refractivity contribution in [3.8, 4) is 11.5 Å². The molecule has 1 heterocycles. The molecule has 6 nitrogen and oxygen atoms in total. The van der Waals surface area contributed by atoms with Crippen LogP contribution in [0.2, 0.25) is 0 Å². The number of carbonyl (C=O) groups is 2. The molecule has 3 aromatic carbocycles. The van der Waals surface area contributed by atoms with E-state index < -0.39 is 17.7 Å². The zero-order valence-corrected chi connectivity index (χ0v) is 17.1. The summed E-state index contributed by atoms with van der Waals surface area (Å²) >= 11 is 0. The average molecular weight is 415 g/mol. The van der Waals surface area contributed by atoms with Crippen molar-refractivity contribution < 1.29 is 24.5 Å². The Balaban J connectivity index is 1.98. The number of para-hydroxylation sites is 1. The number of phenols is 1. The number of Topliss-reactive ketones (excluding diaryl/α,β-unsaturated/α-hetero) is 1. The lowest BCUT2D eigenvalue weighted by atomic mass is 9.94. The number of nitrogens with zero attached hydrogens (tertiary/aromatic N) is 1. The number of aromatic hydroxyl groups is 1. The molecule has 4 rings (SSSR count). The van der Waals surface area contributed by atoms with E-state index in [1.807, 2.05) is 19.1 Å². The predicted molar refractivity (Wildman–Crippen MR) is 117 cm³/mol. The minimum absolute atomic E-state index is 0.00992. The molecule has 1 aliphatic rings. The lowest BCUT2D eigenvalue weighted by molar-refractivity contribution is -0.132. The Morgan fingerprint density at radius 2 is 1.68 bits per heavy atom. The number of amides is 1. The van der Waals surface area contributed by atoms with Crippen molar-refractivity contribution in [1.82, 2.24) is 0 Å². The van der Waals surface area contributed by atoms with Gasteiger partial charge in [0.05, 0.1) is 24.3 Å². The highest BCUT2D eigenvalue weighted by atomic mass is 16.5. The molecule has 0 saturated carbocycles. The third kappa shape index (κ3) is 3.53. The van der Waals surface area contributed by atoms with Crippen LogP contribution < -0.4 is 9.64 Å². The summed E-state index contributed by atoms with van der Waals surface area (Å²) in [6.07, 6.45) is 0. The molecule has 1 saturated heterocycles. The van der Waals surface area contributed by atoms with Crippen LogP contribution in [0.15, 0.2) is 78.4 Å². The molecule has 0 bridgehead atoms. The van der Waals surface area contributed by atoms with Gasteiger partial charge in [0.1, 0.15) is 17.3 Å². The number of phenolic OH excluding ortho intramolecular Hbond substituents is 1. The Morgan fingerprint density at radius 1 is 0.968 bits per heavy atom. The second-order valence-corrected chi connectivity index (χ2v) is 7.30. The first-order valence-corrected chi connectivity index (χ1v) is 9.72. The first-order valence-electron chi connectivity index (χ1n) is 9.72. The Kier molecular flexibility index (Phi) is 5.21. The Morgan fingerprint density at radius 3 is 2.35 bits per heavy atom. The van der Waals surface area contributed by atoms with Gasteiger partial charge in [-0.25, -0.2) is 0 Å². The van der Waals surface area contributed by atoms with Crippen molar-refractivity contribution in [2.24, 2.45) is 0 Å². The summed E-state index contributed by atoms with van der Waals surface area (Å²) in [5.74, 6) is -1.54. The summed E-state index contributed by atoms with van der Waals surface area (Å²) in [7, 11) is 1.46. The van der Waals surface area contributed by atoms with Crippen LogP contribution in [-0.2, 0) is 9.59 Å². The lowest BCUT2D eigenvalue weighted by Gasteiger charge is -2.25. The molecule has 0 radical (unpaired) electrons. The highest BCUT2D eigenvalue weighted by Gasteiger charge is 2.47. The van der Waals surface area contributed by atoms with Gasteiger partial charge in [-0.2, -0.15) is 0 Å². The number of anilines is 1. The summed E-state index contributed by atoms with van der Waals surface area (Å²) in [5.41, 5.74) is 2.25. The number of ketones is 1. The van der Waals surface area contributed by atoms with E-state index >= 15 is 0 Å². The number of hydrogen-bond acceptors (Lipinski definition) is 5. The number of ether oxygens (including phenoxy) is 1. The monoisotopic (exact) mass is 415 g/mol. The van der Waals surface area contributed by atoms with Crippen LogP contribution in [0.25, 0.3) is 5.76 Å². The van der Waals surface area contributed by atoms with Gasteiger partial charge in [-0.15, -0.1) is 0 Å². The summed E-state index contributed by atoms with van der Waals surface area (Å²) in [5, 5.41) is 21.2. The van der Waals surface area contributed by atoms with E-state index in [0.717, 1.165) is 5.56 Å². The van der Waals surface area contributed by atoms with Gasteiger partial charge >= 0.3 is 0 Å². The lowest BCUT2D eigenvalue weighted by Crippen LogP contribution is -2.29. The summed E-state index contributed by atoms with van der Waals surface area (Å²) in [6, 6.07) is 19.3. The first-order chi connectivity index (χ1) is 14.9. The number of aryl methyl sites for hydroxylation is 1. The van der Waals surface area contributed by atoms with Crippen LogP contribution in [-0.4, -0.2) is 29.0 Å². The van der Waals surface area contributed by atoms with Gasteiger partial charge in [0, 0.05) is 5.69 Å². The molecule has 1 amide bonds. The van der Waals surface area contributed by atoms with Gasteiger partial charge in [0.25, 0.3) is 11.7 Å². The third-order valence-electron chi connectivity index (χ3n) is 5.30. The molecule has 0 aliphatic carbocycles. The summed E-state index contributed by atoms with van der Waals surface area (Å²) < 4.78 is 5.33. The van der Waals surface area contributed by atoms with E-state index in [4.69, 9.17) is 4.74 Å². The van der Waals surface area contributed by atoms with Gasteiger partial charge < -0.3 is 14.9 Å². The molecular weight excluding hydrogens is 394 g/mol. The third-order valence-corrected chi connectivity index (χ3v) is 5.30. The molecule has 0 aromatic heterocycles. The van der Waals surface area contributed by atoms with Gasteiger partial charge in [-0.3, -0.25) is 14.5 Å². The van der Waals surface area contributed by atoms with Crippen molar-refractivity contribution in [1.29, 1.82) is 0 Å². The molecule has 6 heteroatoms. The topological polar surface area (TPSA) is 87.1 Å². The van der Waals surface area contributed by atoms with Crippen LogP contribution >= 0.6 is 0 Å². The smallest absolute Gasteiger partial charge is 0.300 e. The van der Waals surface area contributed by atoms with Gasteiger partial charge in [0.2, 0.25) is 0 Å². The van der Waals surface area contributed by atoms with E-state index in [9.17, 15) is 19.8 Å². The Bertz CT molecular complexity index is 1200. The normalized spacial score (nSPS) is 17.7. The van der Waals surface area contributed by atoms with Crippen LogP contribution in [0.4, 0.5) is 5.69 Å². The highest BCUT2D eigenvalue weighted by molar-refractivity contribution is 6.51. The molecule has 156 valence electrons. The molecule has 1 fully saturated rings. The van der Waals surface area contributed by atoms with E-state index in [2.05, 4.69) is 0 Å². The van der Waals surface area contributed by atoms with E-state index in [-0.39, 0.29) is 17.1 Å². The molecule has 1 atom stereocenters. The first kappa shape index (κ1) is 20.2. The van der Waals surface area contributed by atoms with Crippen molar-refractivity contribution in [3.63, 3.8) is 0 Å². The maximum Gasteiger partial charge on any atom is 0.300 e. The van der Waals surface area contributed by atoms with Gasteiger partial charge in [0.15, 0.2) is 0 Å². The van der Waals surface area contributed by atoms with Crippen LogP contribution in [0.1, 0.15) is 22.7 Å². The average Bonchev–Trinajstić information content (AvgIpc) is 3.04. The quantitative estimate of drug-likeness (QED) is 0.376. The molecule has 1 unspecified atom stereocenters. The van der Waals surface area contributed by atoms with E-state index in [1.165, 1.54) is 24.1 Å². The minimum Gasteiger partial charge on any atom is -0.508 e. The van der Waals surface area contributed by atoms with E-state index in [1.54, 1.807) is 48.5 Å². The number of rotatable bonds is 4. The second-order valence-electron chi connectivity index (χ2n) is 7.30. The predicted octanol–water partition coefficient (Wildman–Crippen LogP) is 4.34. The number of aliphatic hydroxyl groups is 1. The van der Waals surface area contributed by atoms with Crippen molar-refractivity contribution >= 4 is 23.1 Å². The fraction of sp³-hybridized carbons (Fsp3) is 0.120. The Hall–Kier alpha value is -4.06. The van der Waals surface area contributed by atoms with Gasteiger partial charge in [-0.1, -0.05) is 42.0 Å². The largest absolute Gasteiger partial charge is 0.508 e. The van der Waals surface area contributed by atoms with Crippen molar-refractivity contribution in [2.75, 3.05) is 12.0 Å². The maximum absolute atomic E-state index is 13.1. The number of aliphatic hydroxyl groups excluding tert-OH is 1. The number of benzene rings is 3. The van der Waals surface area contributed by atoms with Crippen LogP contribution in [0, 0.1) is 6.92 Å². The summed E-state index contributed by atoms with van der Waals surface area (Å²) in [6.45, 7) is 1.92. The zero-order valence-electron chi connectivity index (χ0n) is 17.1. The van der Waals surface area contributed by atoms with E-state index in [0.29, 0.717) is 22.6 Å². The molecule has 31 heavy (non-hydrogen) atoms. The SMILES string of the molecule is COc1ccccc1/C(O)=C1/C(=O)C(=O)N(c2ccc(C)cc2)C1c1cccc(O)c1. The number of methoxy groups -OCH3 is 1. The molecule has 0 spiro atoms. The molecule has 1 aliphatic heterocycles. The number of carbonyl (C=O) groups excluding carboxylic acids is 2. The van der Waals surface area contributed by atoms with Crippen molar-refractivity contribution in [3.05, 3.63) is 95.1 Å². The standard InChI is InChI=1S/C25H21NO5/c1-15-10-12-17(13-11-15)26-22(16-6-5-7-18(27)14-16)21(24(29)25(26)30)23(28)19-8-3-4-9-20(19)31-2/h3-14,22,27-28H,1-2H3/b23-21-. The maximum atomic E-state index is 13.1. The molecule has 3 aromatic rings. The number of hydrogen-bond donors (Lipinski definition) is 2.